The maximum atomic E-state index is 5.72. The summed E-state index contributed by atoms with van der Waals surface area (Å²) in [6.07, 6.45) is 0.921. The number of nitrogens with zero attached hydrogens (tertiary/aromatic N) is 1. The molecule has 20 heavy (non-hydrogen) atoms. The first-order valence-electron chi connectivity index (χ1n) is 7.00. The van der Waals surface area contributed by atoms with Gasteiger partial charge in [-0.1, -0.05) is 0 Å². The highest BCUT2D eigenvalue weighted by Crippen LogP contribution is 2.34. The predicted molar refractivity (Wildman–Crippen MR) is 79.8 cm³/mol. The fourth-order valence-electron chi connectivity index (χ4n) is 2.59. The number of aromatic amines is 1. The highest BCUT2D eigenvalue weighted by Gasteiger charge is 2.20. The second-order valence-electron chi connectivity index (χ2n) is 5.07. The summed E-state index contributed by atoms with van der Waals surface area (Å²) in [5, 5.41) is 3.50. The summed E-state index contributed by atoms with van der Waals surface area (Å²) >= 11 is 1.96. The SMILES string of the molecule is c1c2c(cc3[nH]c(C4CSCCN4)nc13)OCCCO2. The Labute approximate surface area is 121 Å². The number of aromatic nitrogens is 2. The molecule has 0 amide bonds. The maximum absolute atomic E-state index is 5.72. The van der Waals surface area contributed by atoms with Crippen LogP contribution >= 0.6 is 11.8 Å². The number of thioether (sulfide) groups is 1. The van der Waals surface area contributed by atoms with Gasteiger partial charge in [-0.15, -0.1) is 0 Å². The van der Waals surface area contributed by atoms with E-state index in [0.29, 0.717) is 19.3 Å². The standard InChI is InChI=1S/C14H17N3O2S/c1-3-18-12-6-9-10(7-13(12)19-4-1)17-14(16-9)11-8-20-5-2-15-11/h6-7,11,15H,1-5,8H2,(H,16,17). The van der Waals surface area contributed by atoms with Gasteiger partial charge >= 0.3 is 0 Å². The second-order valence-corrected chi connectivity index (χ2v) is 6.22. The summed E-state index contributed by atoms with van der Waals surface area (Å²) in [5.41, 5.74) is 1.96. The second kappa shape index (κ2) is 5.18. The first-order valence-corrected chi connectivity index (χ1v) is 8.16. The molecular formula is C14H17N3O2S. The van der Waals surface area contributed by atoms with Crippen LogP contribution < -0.4 is 14.8 Å². The molecule has 1 fully saturated rings. The van der Waals surface area contributed by atoms with E-state index in [1.54, 1.807) is 0 Å². The average Bonchev–Trinajstić information content (AvgIpc) is 2.76. The van der Waals surface area contributed by atoms with Crippen LogP contribution in [-0.2, 0) is 0 Å². The molecule has 106 valence electrons. The van der Waals surface area contributed by atoms with E-state index in [-0.39, 0.29) is 0 Å². The fraction of sp³-hybridized carbons (Fsp3) is 0.500. The maximum Gasteiger partial charge on any atom is 0.163 e. The quantitative estimate of drug-likeness (QED) is 0.842. The summed E-state index contributed by atoms with van der Waals surface area (Å²) in [6.45, 7) is 2.45. The number of imidazole rings is 1. The van der Waals surface area contributed by atoms with Gasteiger partial charge in [-0.05, 0) is 0 Å². The van der Waals surface area contributed by atoms with Crippen LogP contribution in [0.3, 0.4) is 0 Å². The smallest absolute Gasteiger partial charge is 0.163 e. The third-order valence-electron chi connectivity index (χ3n) is 3.62. The van der Waals surface area contributed by atoms with Crippen molar-refractivity contribution in [3.05, 3.63) is 18.0 Å². The number of nitrogens with one attached hydrogen (secondary N) is 2. The molecule has 1 atom stereocenters. The Balaban J connectivity index is 1.72. The van der Waals surface area contributed by atoms with Crippen LogP contribution in [0.15, 0.2) is 12.1 Å². The normalized spacial score (nSPS) is 22.7. The molecule has 2 aliphatic heterocycles. The lowest BCUT2D eigenvalue weighted by atomic mass is 10.3. The van der Waals surface area contributed by atoms with Crippen molar-refractivity contribution in [1.29, 1.82) is 0 Å². The minimum atomic E-state index is 0.308. The molecule has 1 saturated heterocycles. The highest BCUT2D eigenvalue weighted by atomic mass is 32.2. The topological polar surface area (TPSA) is 59.2 Å². The van der Waals surface area contributed by atoms with Crippen molar-refractivity contribution < 1.29 is 9.47 Å². The van der Waals surface area contributed by atoms with Gasteiger partial charge < -0.3 is 19.8 Å². The highest BCUT2D eigenvalue weighted by molar-refractivity contribution is 7.99. The molecule has 2 aliphatic rings. The average molecular weight is 291 g/mol. The van der Waals surface area contributed by atoms with Gasteiger partial charge in [0.15, 0.2) is 11.5 Å². The lowest BCUT2D eigenvalue weighted by Crippen LogP contribution is -2.30. The molecule has 1 aromatic carbocycles. The Kier molecular flexibility index (Phi) is 3.20. The van der Waals surface area contributed by atoms with E-state index in [2.05, 4.69) is 10.3 Å². The van der Waals surface area contributed by atoms with Gasteiger partial charge in [-0.25, -0.2) is 4.98 Å². The zero-order chi connectivity index (χ0) is 13.4. The third-order valence-corrected chi connectivity index (χ3v) is 4.68. The van der Waals surface area contributed by atoms with Crippen LogP contribution in [0.25, 0.3) is 11.0 Å². The Morgan fingerprint density at radius 2 is 2.05 bits per heavy atom. The summed E-state index contributed by atoms with van der Waals surface area (Å²) in [7, 11) is 0. The van der Waals surface area contributed by atoms with Gasteiger partial charge in [0.25, 0.3) is 0 Å². The van der Waals surface area contributed by atoms with Crippen LogP contribution in [0.4, 0.5) is 0 Å². The van der Waals surface area contributed by atoms with E-state index in [4.69, 9.17) is 14.5 Å². The fourth-order valence-corrected chi connectivity index (χ4v) is 3.53. The van der Waals surface area contributed by atoms with E-state index < -0.39 is 0 Å². The number of rotatable bonds is 1. The Morgan fingerprint density at radius 3 is 2.85 bits per heavy atom. The molecule has 6 heteroatoms. The first-order chi connectivity index (χ1) is 9.90. The van der Waals surface area contributed by atoms with Gasteiger partial charge in [0, 0.05) is 36.6 Å². The van der Waals surface area contributed by atoms with Crippen molar-refractivity contribution in [2.75, 3.05) is 31.3 Å². The Hall–Kier alpha value is -1.40. The van der Waals surface area contributed by atoms with Crippen LogP contribution in [0.2, 0.25) is 0 Å². The molecule has 0 bridgehead atoms. The first kappa shape index (κ1) is 12.3. The van der Waals surface area contributed by atoms with Crippen molar-refractivity contribution in [3.63, 3.8) is 0 Å². The van der Waals surface area contributed by atoms with Gasteiger partial charge in [-0.3, -0.25) is 0 Å². The summed E-state index contributed by atoms with van der Waals surface area (Å²) < 4.78 is 11.4. The van der Waals surface area contributed by atoms with Crippen molar-refractivity contribution in [3.8, 4) is 11.5 Å². The molecule has 1 aromatic heterocycles. The number of fused-ring (bicyclic) bond motifs is 2. The molecule has 5 nitrogen and oxygen atoms in total. The van der Waals surface area contributed by atoms with Crippen molar-refractivity contribution in [2.24, 2.45) is 0 Å². The molecule has 2 aromatic rings. The number of ether oxygens (including phenoxy) is 2. The molecular weight excluding hydrogens is 274 g/mol. The van der Waals surface area contributed by atoms with Gasteiger partial charge in [0.05, 0.1) is 30.3 Å². The van der Waals surface area contributed by atoms with E-state index in [9.17, 15) is 0 Å². The molecule has 3 heterocycles. The van der Waals surface area contributed by atoms with E-state index in [0.717, 1.165) is 47.1 Å². The van der Waals surface area contributed by atoms with Crippen LogP contribution in [0, 0.1) is 0 Å². The molecule has 0 radical (unpaired) electrons. The molecule has 4 rings (SSSR count). The lowest BCUT2D eigenvalue weighted by molar-refractivity contribution is 0.297. The lowest BCUT2D eigenvalue weighted by Gasteiger charge is -2.20. The minimum absolute atomic E-state index is 0.308. The number of hydrogen-bond donors (Lipinski definition) is 2. The number of benzene rings is 1. The van der Waals surface area contributed by atoms with E-state index in [1.807, 2.05) is 23.9 Å². The Bertz CT molecular complexity index is 579. The molecule has 2 N–H and O–H groups in total. The van der Waals surface area contributed by atoms with Gasteiger partial charge in [0.2, 0.25) is 0 Å². The predicted octanol–water partition coefficient (Wildman–Crippen LogP) is 2.10. The van der Waals surface area contributed by atoms with E-state index in [1.165, 1.54) is 5.75 Å². The molecule has 0 aliphatic carbocycles. The summed E-state index contributed by atoms with van der Waals surface area (Å²) in [5.74, 6) is 4.86. The van der Waals surface area contributed by atoms with Crippen LogP contribution in [-0.4, -0.2) is 41.2 Å². The number of H-pyrrole nitrogens is 1. The summed E-state index contributed by atoms with van der Waals surface area (Å²) in [4.78, 5) is 8.12. The molecule has 0 spiro atoms. The van der Waals surface area contributed by atoms with Gasteiger partial charge in [0.1, 0.15) is 5.82 Å². The minimum Gasteiger partial charge on any atom is -0.489 e. The van der Waals surface area contributed by atoms with Crippen molar-refractivity contribution in [1.82, 2.24) is 15.3 Å². The largest absolute Gasteiger partial charge is 0.489 e. The monoisotopic (exact) mass is 291 g/mol. The zero-order valence-electron chi connectivity index (χ0n) is 11.1. The van der Waals surface area contributed by atoms with Crippen molar-refractivity contribution in [2.45, 2.75) is 12.5 Å². The van der Waals surface area contributed by atoms with Gasteiger partial charge in [-0.2, -0.15) is 11.8 Å². The van der Waals surface area contributed by atoms with E-state index >= 15 is 0 Å². The molecule has 1 unspecified atom stereocenters. The Morgan fingerprint density at radius 1 is 1.20 bits per heavy atom. The third kappa shape index (κ3) is 2.23. The summed E-state index contributed by atoms with van der Waals surface area (Å²) in [6, 6.07) is 4.29. The zero-order valence-corrected chi connectivity index (χ0v) is 12.0. The molecule has 0 saturated carbocycles. The van der Waals surface area contributed by atoms with Crippen LogP contribution in [0.5, 0.6) is 11.5 Å². The number of hydrogen-bond acceptors (Lipinski definition) is 5. The van der Waals surface area contributed by atoms with Crippen LogP contribution in [0.1, 0.15) is 18.3 Å². The van der Waals surface area contributed by atoms with Crippen molar-refractivity contribution >= 4 is 22.8 Å².